The maximum absolute atomic E-state index is 8.15. The summed E-state index contributed by atoms with van der Waals surface area (Å²) in [5, 5.41) is 3.55. The molecule has 1 unspecified atom stereocenters. The lowest BCUT2D eigenvalue weighted by atomic mass is 10.1. The lowest BCUT2D eigenvalue weighted by Crippen LogP contribution is -2.45. The Morgan fingerprint density at radius 2 is 2.40 bits per heavy atom. The smallest absolute Gasteiger partial charge is 0.0270 e. The van der Waals surface area contributed by atoms with E-state index in [-0.39, 0.29) is 0 Å². The molecule has 1 rings (SSSR count). The number of likely N-dealkylation sites (N-methyl/N-ethyl adjacent to an activating group) is 2. The van der Waals surface area contributed by atoms with Crippen molar-refractivity contribution in [2.24, 2.45) is 5.11 Å². The van der Waals surface area contributed by atoms with Crippen molar-refractivity contribution in [3.63, 3.8) is 0 Å². The second-order valence-corrected chi connectivity index (χ2v) is 4.35. The summed E-state index contributed by atoms with van der Waals surface area (Å²) in [6.45, 7) is 4.03. The molecule has 1 heterocycles. The van der Waals surface area contributed by atoms with Crippen molar-refractivity contribution in [2.75, 3.05) is 40.3 Å². The minimum Gasteiger partial charge on any atom is -0.305 e. The molecule has 1 atom stereocenters. The van der Waals surface area contributed by atoms with E-state index in [1.807, 2.05) is 0 Å². The summed E-state index contributed by atoms with van der Waals surface area (Å²) in [6, 6.07) is 0.676. The van der Waals surface area contributed by atoms with Crippen LogP contribution in [0.4, 0.5) is 0 Å². The van der Waals surface area contributed by atoms with Gasteiger partial charge in [-0.05, 0) is 52.0 Å². The molecule has 0 N–H and O–H groups in total. The Kier molecular flexibility index (Phi) is 5.47. The largest absolute Gasteiger partial charge is 0.305 e. The molecule has 1 aliphatic heterocycles. The summed E-state index contributed by atoms with van der Waals surface area (Å²) in [4.78, 5) is 7.53. The zero-order chi connectivity index (χ0) is 11.1. The van der Waals surface area contributed by atoms with Gasteiger partial charge in [0.2, 0.25) is 0 Å². The van der Waals surface area contributed by atoms with Crippen LogP contribution in [0.2, 0.25) is 0 Å². The SMILES string of the molecule is CN1CCCC(N(C)CCCN=[N+]=[N-])C1. The van der Waals surface area contributed by atoms with Crippen LogP contribution in [-0.2, 0) is 0 Å². The third-order valence-electron chi connectivity index (χ3n) is 3.06. The highest BCUT2D eigenvalue weighted by molar-refractivity contribution is 4.77. The highest BCUT2D eigenvalue weighted by Crippen LogP contribution is 2.13. The van der Waals surface area contributed by atoms with Crippen molar-refractivity contribution in [3.8, 4) is 0 Å². The number of rotatable bonds is 5. The summed E-state index contributed by atoms with van der Waals surface area (Å²) < 4.78 is 0. The van der Waals surface area contributed by atoms with E-state index < -0.39 is 0 Å². The molecule has 0 radical (unpaired) electrons. The van der Waals surface area contributed by atoms with Crippen LogP contribution < -0.4 is 0 Å². The minimum absolute atomic E-state index is 0.614. The Morgan fingerprint density at radius 3 is 3.07 bits per heavy atom. The van der Waals surface area contributed by atoms with Crippen molar-refractivity contribution in [3.05, 3.63) is 10.4 Å². The van der Waals surface area contributed by atoms with Crippen molar-refractivity contribution < 1.29 is 0 Å². The number of hydrogen-bond donors (Lipinski definition) is 0. The summed E-state index contributed by atoms with van der Waals surface area (Å²) >= 11 is 0. The first kappa shape index (κ1) is 12.3. The van der Waals surface area contributed by atoms with Crippen LogP contribution in [0.5, 0.6) is 0 Å². The zero-order valence-electron chi connectivity index (χ0n) is 9.76. The van der Waals surface area contributed by atoms with E-state index in [0.717, 1.165) is 19.5 Å². The van der Waals surface area contributed by atoms with E-state index in [0.29, 0.717) is 12.6 Å². The molecule has 0 aromatic rings. The van der Waals surface area contributed by atoms with Crippen LogP contribution >= 0.6 is 0 Å². The highest BCUT2D eigenvalue weighted by atomic mass is 15.2. The lowest BCUT2D eigenvalue weighted by Gasteiger charge is -2.35. The maximum Gasteiger partial charge on any atom is 0.0270 e. The molecule has 1 saturated heterocycles. The van der Waals surface area contributed by atoms with Crippen LogP contribution in [0.15, 0.2) is 5.11 Å². The molecule has 15 heavy (non-hydrogen) atoms. The average Bonchev–Trinajstić information content (AvgIpc) is 2.24. The molecule has 0 aromatic heterocycles. The number of piperidine rings is 1. The minimum atomic E-state index is 0.614. The van der Waals surface area contributed by atoms with Crippen LogP contribution in [0.25, 0.3) is 10.4 Å². The second-order valence-electron chi connectivity index (χ2n) is 4.35. The van der Waals surface area contributed by atoms with E-state index in [1.165, 1.54) is 19.4 Å². The monoisotopic (exact) mass is 211 g/mol. The van der Waals surface area contributed by atoms with Gasteiger partial charge < -0.3 is 9.80 Å². The summed E-state index contributed by atoms with van der Waals surface area (Å²) in [6.07, 6.45) is 3.55. The standard InChI is InChI=1S/C10H21N5/c1-14-7-3-5-10(9-14)15(2)8-4-6-12-13-11/h10H,3-9H2,1-2H3. The van der Waals surface area contributed by atoms with Crippen LogP contribution in [0.1, 0.15) is 19.3 Å². The first-order valence-electron chi connectivity index (χ1n) is 5.63. The van der Waals surface area contributed by atoms with Gasteiger partial charge >= 0.3 is 0 Å². The van der Waals surface area contributed by atoms with Crippen molar-refractivity contribution >= 4 is 0 Å². The van der Waals surface area contributed by atoms with E-state index in [4.69, 9.17) is 5.53 Å². The van der Waals surface area contributed by atoms with Crippen molar-refractivity contribution in [1.29, 1.82) is 0 Å². The Balaban J connectivity index is 2.20. The van der Waals surface area contributed by atoms with Gasteiger partial charge in [-0.15, -0.1) is 0 Å². The Labute approximate surface area is 91.7 Å². The molecule has 1 fully saturated rings. The Hall–Kier alpha value is -0.770. The first-order chi connectivity index (χ1) is 7.24. The van der Waals surface area contributed by atoms with Gasteiger partial charge in [0.25, 0.3) is 0 Å². The fourth-order valence-corrected chi connectivity index (χ4v) is 2.12. The van der Waals surface area contributed by atoms with Gasteiger partial charge in [-0.1, -0.05) is 5.11 Å². The summed E-state index contributed by atoms with van der Waals surface area (Å²) in [7, 11) is 4.35. The number of azide groups is 1. The second kappa shape index (κ2) is 6.67. The molecule has 86 valence electrons. The predicted molar refractivity (Wildman–Crippen MR) is 61.8 cm³/mol. The molecule has 0 bridgehead atoms. The molecule has 0 amide bonds. The third kappa shape index (κ3) is 4.51. The molecule has 1 aliphatic rings. The van der Waals surface area contributed by atoms with Gasteiger partial charge in [-0.2, -0.15) is 0 Å². The van der Waals surface area contributed by atoms with Crippen LogP contribution in [-0.4, -0.2) is 56.1 Å². The quantitative estimate of drug-likeness (QED) is 0.301. The number of hydrogen-bond acceptors (Lipinski definition) is 3. The van der Waals surface area contributed by atoms with Crippen LogP contribution in [0, 0.1) is 0 Å². The topological polar surface area (TPSA) is 55.2 Å². The molecule has 5 nitrogen and oxygen atoms in total. The molecular formula is C10H21N5. The third-order valence-corrected chi connectivity index (χ3v) is 3.06. The highest BCUT2D eigenvalue weighted by Gasteiger charge is 2.20. The lowest BCUT2D eigenvalue weighted by molar-refractivity contribution is 0.134. The normalized spacial score (nSPS) is 22.7. The van der Waals surface area contributed by atoms with Gasteiger partial charge in [0.15, 0.2) is 0 Å². The molecular weight excluding hydrogens is 190 g/mol. The van der Waals surface area contributed by atoms with E-state index in [9.17, 15) is 0 Å². The zero-order valence-corrected chi connectivity index (χ0v) is 9.76. The molecule has 5 heteroatoms. The fourth-order valence-electron chi connectivity index (χ4n) is 2.12. The number of nitrogens with zero attached hydrogens (tertiary/aromatic N) is 5. The van der Waals surface area contributed by atoms with Gasteiger partial charge in [0, 0.05) is 24.0 Å². The predicted octanol–water partition coefficient (Wildman–Crippen LogP) is 1.71. The maximum atomic E-state index is 8.15. The van der Waals surface area contributed by atoms with Crippen LogP contribution in [0.3, 0.4) is 0 Å². The van der Waals surface area contributed by atoms with Crippen molar-refractivity contribution in [2.45, 2.75) is 25.3 Å². The molecule has 0 aromatic carbocycles. The summed E-state index contributed by atoms with van der Waals surface area (Å²) in [5.41, 5.74) is 8.15. The molecule has 0 saturated carbocycles. The Morgan fingerprint density at radius 1 is 1.60 bits per heavy atom. The van der Waals surface area contributed by atoms with Gasteiger partial charge in [0.05, 0.1) is 0 Å². The van der Waals surface area contributed by atoms with E-state index in [1.54, 1.807) is 0 Å². The molecule has 0 spiro atoms. The molecule has 0 aliphatic carbocycles. The first-order valence-corrected chi connectivity index (χ1v) is 5.63. The van der Waals surface area contributed by atoms with E-state index in [2.05, 4.69) is 33.9 Å². The number of likely N-dealkylation sites (tertiary alicyclic amines) is 1. The van der Waals surface area contributed by atoms with E-state index >= 15 is 0 Å². The summed E-state index contributed by atoms with van der Waals surface area (Å²) in [5.74, 6) is 0. The van der Waals surface area contributed by atoms with Gasteiger partial charge in [-0.3, -0.25) is 0 Å². The van der Waals surface area contributed by atoms with Gasteiger partial charge in [-0.25, -0.2) is 0 Å². The Bertz CT molecular complexity index is 224. The fraction of sp³-hybridized carbons (Fsp3) is 1.00. The van der Waals surface area contributed by atoms with Gasteiger partial charge in [0.1, 0.15) is 0 Å². The average molecular weight is 211 g/mol. The van der Waals surface area contributed by atoms with Crippen molar-refractivity contribution in [1.82, 2.24) is 9.80 Å².